The van der Waals surface area contributed by atoms with Gasteiger partial charge in [-0.15, -0.1) is 0 Å². The number of H-pyrrole nitrogens is 1. The minimum Gasteiger partial charge on any atom is -0.493 e. The third-order valence-corrected chi connectivity index (χ3v) is 4.73. The predicted molar refractivity (Wildman–Crippen MR) is 95.5 cm³/mol. The fourth-order valence-electron chi connectivity index (χ4n) is 3.16. The highest BCUT2D eigenvalue weighted by Crippen LogP contribution is 2.32. The molecule has 0 fully saturated rings. The number of ether oxygens (including phenoxy) is 2. The zero-order chi connectivity index (χ0) is 18.0. The van der Waals surface area contributed by atoms with Crippen LogP contribution in [0.1, 0.15) is 47.1 Å². The summed E-state index contributed by atoms with van der Waals surface area (Å²) in [5.74, 6) is 1.77. The third kappa shape index (κ3) is 3.48. The van der Waals surface area contributed by atoms with Crippen LogP contribution >= 0.6 is 0 Å². The molecule has 1 aromatic heterocycles. The number of amides is 1. The number of aromatic nitrogens is 2. The molecule has 1 aliphatic heterocycles. The molecule has 0 unspecified atom stereocenters. The summed E-state index contributed by atoms with van der Waals surface area (Å²) in [5.41, 5.74) is 3.89. The molecule has 0 atom stereocenters. The molecule has 3 rings (SSSR count). The van der Waals surface area contributed by atoms with Crippen LogP contribution in [-0.4, -0.2) is 48.3 Å². The quantitative estimate of drug-likeness (QED) is 0.927. The average Bonchev–Trinajstić information content (AvgIpc) is 3.02. The zero-order valence-corrected chi connectivity index (χ0v) is 15.3. The van der Waals surface area contributed by atoms with Gasteiger partial charge in [0, 0.05) is 18.8 Å². The number of carbonyl (C=O) groups is 1. The van der Waals surface area contributed by atoms with Crippen molar-refractivity contribution in [2.75, 3.05) is 27.3 Å². The lowest BCUT2D eigenvalue weighted by Gasteiger charge is -2.18. The smallest absolute Gasteiger partial charge is 0.274 e. The van der Waals surface area contributed by atoms with E-state index >= 15 is 0 Å². The fourth-order valence-corrected chi connectivity index (χ4v) is 3.16. The summed E-state index contributed by atoms with van der Waals surface area (Å²) in [6, 6.07) is 5.90. The molecule has 0 spiro atoms. The van der Waals surface area contributed by atoms with E-state index in [1.54, 1.807) is 14.2 Å². The highest BCUT2D eigenvalue weighted by atomic mass is 16.5. The highest BCUT2D eigenvalue weighted by Gasteiger charge is 2.23. The first-order valence-corrected chi connectivity index (χ1v) is 8.61. The van der Waals surface area contributed by atoms with Gasteiger partial charge in [0.15, 0.2) is 11.5 Å². The van der Waals surface area contributed by atoms with Gasteiger partial charge in [0.1, 0.15) is 5.69 Å². The summed E-state index contributed by atoms with van der Waals surface area (Å²) in [6.45, 7) is 5.49. The number of methoxy groups -OCH3 is 2. The second-order valence-corrected chi connectivity index (χ2v) is 6.63. The number of nitrogens with one attached hydrogen (secondary N) is 1. The van der Waals surface area contributed by atoms with Gasteiger partial charge < -0.3 is 14.4 Å². The zero-order valence-electron chi connectivity index (χ0n) is 15.3. The molecule has 1 aromatic carbocycles. The summed E-state index contributed by atoms with van der Waals surface area (Å²) in [7, 11) is 3.28. The van der Waals surface area contributed by atoms with Gasteiger partial charge in [-0.1, -0.05) is 13.8 Å². The van der Waals surface area contributed by atoms with Crippen molar-refractivity contribution >= 4 is 5.91 Å². The molecule has 6 heteroatoms. The Balaban J connectivity index is 1.78. The van der Waals surface area contributed by atoms with Crippen LogP contribution in [0.3, 0.4) is 0 Å². The van der Waals surface area contributed by atoms with E-state index in [0.29, 0.717) is 24.7 Å². The number of hydrogen-bond acceptors (Lipinski definition) is 4. The van der Waals surface area contributed by atoms with Crippen molar-refractivity contribution in [3.8, 4) is 11.5 Å². The van der Waals surface area contributed by atoms with Crippen molar-refractivity contribution in [1.29, 1.82) is 0 Å². The lowest BCUT2D eigenvalue weighted by atomic mass is 10.0. The lowest BCUT2D eigenvalue weighted by Crippen LogP contribution is -2.33. The van der Waals surface area contributed by atoms with E-state index in [1.807, 2.05) is 23.1 Å². The molecule has 25 heavy (non-hydrogen) atoms. The van der Waals surface area contributed by atoms with Gasteiger partial charge in [-0.25, -0.2) is 0 Å². The molecule has 0 aliphatic carbocycles. The first-order valence-electron chi connectivity index (χ1n) is 8.61. The predicted octanol–water partition coefficient (Wildman–Crippen LogP) is 2.79. The molecule has 134 valence electrons. The second-order valence-electron chi connectivity index (χ2n) is 6.63. The van der Waals surface area contributed by atoms with Crippen molar-refractivity contribution in [2.24, 2.45) is 0 Å². The summed E-state index contributed by atoms with van der Waals surface area (Å²) < 4.78 is 10.8. The van der Waals surface area contributed by atoms with E-state index < -0.39 is 0 Å². The molecule has 1 N–H and O–H groups in total. The molecule has 1 aliphatic rings. The van der Waals surface area contributed by atoms with Crippen LogP contribution in [0.2, 0.25) is 0 Å². The van der Waals surface area contributed by atoms with Crippen LogP contribution in [0.4, 0.5) is 0 Å². The van der Waals surface area contributed by atoms with Crippen LogP contribution in [0.15, 0.2) is 18.2 Å². The maximum Gasteiger partial charge on any atom is 0.274 e. The van der Waals surface area contributed by atoms with E-state index in [1.165, 1.54) is 11.1 Å². The first-order chi connectivity index (χ1) is 12.0. The van der Waals surface area contributed by atoms with Crippen molar-refractivity contribution in [2.45, 2.75) is 32.6 Å². The topological polar surface area (TPSA) is 67.5 Å². The molecule has 0 saturated heterocycles. The van der Waals surface area contributed by atoms with E-state index in [4.69, 9.17) is 9.47 Å². The Hall–Kier alpha value is -2.50. The molecule has 0 bridgehead atoms. The number of fused-ring (bicyclic) bond motifs is 1. The van der Waals surface area contributed by atoms with Crippen molar-refractivity contribution in [3.05, 3.63) is 40.7 Å². The van der Waals surface area contributed by atoms with Crippen LogP contribution in [0.5, 0.6) is 11.5 Å². The Morgan fingerprint density at radius 3 is 2.08 bits per heavy atom. The SMILES string of the molecule is COc1cc2c(cc1OC)CCN(C(=O)c1cc(C(C)C)[nH]n1)CC2. The van der Waals surface area contributed by atoms with Gasteiger partial charge in [-0.2, -0.15) is 5.10 Å². The molecular formula is C19H25N3O3. The maximum atomic E-state index is 12.8. The first kappa shape index (κ1) is 17.3. The molecule has 0 saturated carbocycles. The van der Waals surface area contributed by atoms with Gasteiger partial charge in [0.2, 0.25) is 0 Å². The van der Waals surface area contributed by atoms with Gasteiger partial charge in [0.25, 0.3) is 5.91 Å². The lowest BCUT2D eigenvalue weighted by molar-refractivity contribution is 0.0757. The van der Waals surface area contributed by atoms with E-state index in [9.17, 15) is 4.79 Å². The fraction of sp³-hybridized carbons (Fsp3) is 0.474. The standard InChI is InChI=1S/C19H25N3O3/c1-12(2)15-11-16(21-20-15)19(23)22-7-5-13-9-17(24-3)18(25-4)10-14(13)6-8-22/h9-12H,5-8H2,1-4H3,(H,20,21). The van der Waals surface area contributed by atoms with Crippen LogP contribution < -0.4 is 9.47 Å². The summed E-state index contributed by atoms with van der Waals surface area (Å²) >= 11 is 0. The number of nitrogens with zero attached hydrogens (tertiary/aromatic N) is 2. The Kier molecular flexibility index (Phi) is 4.97. The van der Waals surface area contributed by atoms with Gasteiger partial charge in [-0.3, -0.25) is 9.89 Å². The van der Waals surface area contributed by atoms with E-state index in [0.717, 1.165) is 30.0 Å². The number of aromatic amines is 1. The van der Waals surface area contributed by atoms with Crippen molar-refractivity contribution in [1.82, 2.24) is 15.1 Å². The molecule has 1 amide bonds. The summed E-state index contributed by atoms with van der Waals surface area (Å²) in [4.78, 5) is 14.7. The average molecular weight is 343 g/mol. The number of rotatable bonds is 4. The molecule has 2 heterocycles. The number of carbonyl (C=O) groups excluding carboxylic acids is 1. The van der Waals surface area contributed by atoms with Crippen LogP contribution in [0.25, 0.3) is 0 Å². The minimum atomic E-state index is -0.0186. The monoisotopic (exact) mass is 343 g/mol. The molecule has 2 aromatic rings. The number of hydrogen-bond donors (Lipinski definition) is 1. The third-order valence-electron chi connectivity index (χ3n) is 4.73. The largest absolute Gasteiger partial charge is 0.493 e. The molecule has 0 radical (unpaired) electrons. The normalized spacial score (nSPS) is 14.2. The van der Waals surface area contributed by atoms with Crippen molar-refractivity contribution < 1.29 is 14.3 Å². The van der Waals surface area contributed by atoms with Crippen LogP contribution in [0, 0.1) is 0 Å². The minimum absolute atomic E-state index is 0.0186. The maximum absolute atomic E-state index is 12.8. The van der Waals surface area contributed by atoms with Gasteiger partial charge in [-0.05, 0) is 48.1 Å². The highest BCUT2D eigenvalue weighted by molar-refractivity contribution is 5.92. The Morgan fingerprint density at radius 2 is 1.64 bits per heavy atom. The summed E-state index contributed by atoms with van der Waals surface area (Å²) in [5, 5.41) is 7.15. The van der Waals surface area contributed by atoms with Gasteiger partial charge in [0.05, 0.1) is 14.2 Å². The van der Waals surface area contributed by atoms with Gasteiger partial charge >= 0.3 is 0 Å². The second kappa shape index (κ2) is 7.17. The van der Waals surface area contributed by atoms with Crippen LogP contribution in [-0.2, 0) is 12.8 Å². The Labute approximate surface area is 148 Å². The molecule has 6 nitrogen and oxygen atoms in total. The number of benzene rings is 1. The Morgan fingerprint density at radius 1 is 1.08 bits per heavy atom. The Bertz CT molecular complexity index is 732. The summed E-state index contributed by atoms with van der Waals surface area (Å²) in [6.07, 6.45) is 1.59. The van der Waals surface area contributed by atoms with E-state index in [-0.39, 0.29) is 5.91 Å². The van der Waals surface area contributed by atoms with E-state index in [2.05, 4.69) is 24.0 Å². The molecular weight excluding hydrogens is 318 g/mol. The van der Waals surface area contributed by atoms with Crippen molar-refractivity contribution in [3.63, 3.8) is 0 Å².